The van der Waals surface area contributed by atoms with E-state index in [1.807, 2.05) is 66.7 Å². The van der Waals surface area contributed by atoms with E-state index < -0.39 is 0 Å². The zero-order chi connectivity index (χ0) is 23.3. The van der Waals surface area contributed by atoms with Gasteiger partial charge in [0.05, 0.1) is 13.0 Å². The first-order valence-corrected chi connectivity index (χ1v) is 11.5. The Labute approximate surface area is 199 Å². The number of fused-ring (bicyclic) bond motifs is 1. The molecule has 1 N–H and O–H groups in total. The third kappa shape index (κ3) is 4.81. The monoisotopic (exact) mass is 450 g/mol. The van der Waals surface area contributed by atoms with E-state index in [1.54, 1.807) is 12.1 Å². The normalized spacial score (nSPS) is 16.8. The molecule has 1 heterocycles. The number of phenols is 1. The summed E-state index contributed by atoms with van der Waals surface area (Å²) in [4.78, 5) is 12.3. The van der Waals surface area contributed by atoms with E-state index in [9.17, 15) is 9.90 Å². The molecule has 0 spiro atoms. The predicted octanol–water partition coefficient (Wildman–Crippen LogP) is 5.99. The van der Waals surface area contributed by atoms with E-state index in [4.69, 9.17) is 9.47 Å². The first-order valence-electron chi connectivity index (χ1n) is 11.5. The third-order valence-corrected chi connectivity index (χ3v) is 6.31. The van der Waals surface area contributed by atoms with Crippen molar-refractivity contribution in [1.82, 2.24) is 0 Å². The van der Waals surface area contributed by atoms with Crippen LogP contribution in [0.25, 0.3) is 0 Å². The molecule has 4 aromatic rings. The number of hydrogen-bond donors (Lipinski definition) is 1. The lowest BCUT2D eigenvalue weighted by atomic mass is 9.75. The van der Waals surface area contributed by atoms with Crippen molar-refractivity contribution in [1.29, 1.82) is 0 Å². The summed E-state index contributed by atoms with van der Waals surface area (Å²) in [5, 5.41) is 10.2. The largest absolute Gasteiger partial charge is 0.508 e. The molecule has 1 aliphatic rings. The molecule has 0 amide bonds. The van der Waals surface area contributed by atoms with E-state index in [1.165, 1.54) is 5.56 Å². The van der Waals surface area contributed by atoms with E-state index >= 15 is 0 Å². The van der Waals surface area contributed by atoms with E-state index in [0.717, 1.165) is 28.0 Å². The van der Waals surface area contributed by atoms with Crippen LogP contribution >= 0.6 is 0 Å². The highest BCUT2D eigenvalue weighted by Gasteiger charge is 2.33. The smallest absolute Gasteiger partial charge is 0.310 e. The number of esters is 1. The van der Waals surface area contributed by atoms with Gasteiger partial charge in [0.25, 0.3) is 0 Å². The molecule has 4 heteroatoms. The van der Waals surface area contributed by atoms with Crippen LogP contribution in [0, 0.1) is 0 Å². The Balaban J connectivity index is 1.37. The minimum Gasteiger partial charge on any atom is -0.508 e. The van der Waals surface area contributed by atoms with Crippen LogP contribution < -0.4 is 4.74 Å². The minimum atomic E-state index is -0.250. The molecule has 0 saturated carbocycles. The van der Waals surface area contributed by atoms with E-state index in [0.29, 0.717) is 6.61 Å². The summed E-state index contributed by atoms with van der Waals surface area (Å²) in [7, 11) is 0. The number of ether oxygens (including phenoxy) is 2. The van der Waals surface area contributed by atoms with Gasteiger partial charge in [0.15, 0.2) is 0 Å². The lowest BCUT2D eigenvalue weighted by Gasteiger charge is -2.34. The average Bonchev–Trinajstić information content (AvgIpc) is 2.88. The van der Waals surface area contributed by atoms with Gasteiger partial charge in [0, 0.05) is 17.4 Å². The maximum atomic E-state index is 12.3. The summed E-state index contributed by atoms with van der Waals surface area (Å²) in [5.41, 5.74) is 5.15. The van der Waals surface area contributed by atoms with Crippen LogP contribution in [0.2, 0.25) is 0 Å². The average molecular weight is 451 g/mol. The number of benzene rings is 4. The molecular formula is C30H26O4. The lowest BCUT2D eigenvalue weighted by Crippen LogP contribution is -2.25. The second-order valence-corrected chi connectivity index (χ2v) is 8.59. The first-order chi connectivity index (χ1) is 16.7. The predicted molar refractivity (Wildman–Crippen MR) is 131 cm³/mol. The maximum Gasteiger partial charge on any atom is 0.310 e. The van der Waals surface area contributed by atoms with E-state index in [2.05, 4.69) is 24.3 Å². The molecule has 5 rings (SSSR count). The Morgan fingerprint density at radius 2 is 1.53 bits per heavy atom. The fraction of sp³-hybridized carbons (Fsp3) is 0.167. The molecule has 0 unspecified atom stereocenters. The molecule has 2 atom stereocenters. The van der Waals surface area contributed by atoms with Crippen LogP contribution in [-0.4, -0.2) is 17.7 Å². The van der Waals surface area contributed by atoms with Crippen molar-refractivity contribution < 1.29 is 19.4 Å². The second kappa shape index (κ2) is 9.84. The van der Waals surface area contributed by atoms with Crippen LogP contribution in [0.3, 0.4) is 0 Å². The van der Waals surface area contributed by atoms with Crippen molar-refractivity contribution in [2.75, 3.05) is 6.61 Å². The Morgan fingerprint density at radius 3 is 2.26 bits per heavy atom. The fourth-order valence-corrected chi connectivity index (χ4v) is 4.60. The van der Waals surface area contributed by atoms with E-state index in [-0.39, 0.29) is 36.6 Å². The molecule has 34 heavy (non-hydrogen) atoms. The van der Waals surface area contributed by atoms with Gasteiger partial charge in [-0.05, 0) is 40.5 Å². The van der Waals surface area contributed by atoms with Crippen molar-refractivity contribution in [2.45, 2.75) is 24.9 Å². The van der Waals surface area contributed by atoms with Crippen LogP contribution in [0.4, 0.5) is 0 Å². The van der Waals surface area contributed by atoms with Gasteiger partial charge in [0.1, 0.15) is 18.1 Å². The molecule has 0 saturated heterocycles. The van der Waals surface area contributed by atoms with Gasteiger partial charge in [-0.2, -0.15) is 0 Å². The fourth-order valence-electron chi connectivity index (χ4n) is 4.60. The summed E-state index contributed by atoms with van der Waals surface area (Å²) < 4.78 is 11.5. The molecule has 0 aromatic heterocycles. The van der Waals surface area contributed by atoms with Crippen molar-refractivity contribution in [3.8, 4) is 11.5 Å². The molecule has 170 valence electrons. The summed E-state index contributed by atoms with van der Waals surface area (Å²) in [6.45, 7) is 0.832. The molecule has 0 fully saturated rings. The Hall–Kier alpha value is -4.05. The molecule has 0 radical (unpaired) electrons. The highest BCUT2D eigenvalue weighted by atomic mass is 16.5. The van der Waals surface area contributed by atoms with Gasteiger partial charge in [-0.3, -0.25) is 4.79 Å². The number of carbonyl (C=O) groups excluding carboxylic acids is 1. The minimum absolute atomic E-state index is 0.0253. The van der Waals surface area contributed by atoms with Gasteiger partial charge >= 0.3 is 5.97 Å². The topological polar surface area (TPSA) is 55.8 Å². The SMILES string of the molecule is O=C(Cc1ccc([C@@H]2c3cc(O)ccc3OC[C@@H]2c2ccccc2)cc1)OCc1ccccc1. The van der Waals surface area contributed by atoms with Crippen molar-refractivity contribution in [3.05, 3.63) is 131 Å². The van der Waals surface area contributed by atoms with Crippen LogP contribution in [0.5, 0.6) is 11.5 Å². The van der Waals surface area contributed by atoms with Crippen LogP contribution in [0.1, 0.15) is 39.7 Å². The van der Waals surface area contributed by atoms with Crippen molar-refractivity contribution >= 4 is 5.97 Å². The Bertz CT molecular complexity index is 1250. The van der Waals surface area contributed by atoms with Crippen molar-refractivity contribution in [2.24, 2.45) is 0 Å². The molecule has 0 aliphatic carbocycles. The number of hydrogen-bond acceptors (Lipinski definition) is 4. The third-order valence-electron chi connectivity index (χ3n) is 6.31. The molecular weight excluding hydrogens is 424 g/mol. The number of rotatable bonds is 6. The Morgan fingerprint density at radius 1 is 0.824 bits per heavy atom. The summed E-state index contributed by atoms with van der Waals surface area (Å²) in [6, 6.07) is 33.4. The quantitative estimate of drug-likeness (QED) is 0.367. The highest BCUT2D eigenvalue weighted by molar-refractivity contribution is 5.72. The molecule has 4 nitrogen and oxygen atoms in total. The van der Waals surface area contributed by atoms with Gasteiger partial charge in [0.2, 0.25) is 0 Å². The molecule has 0 bridgehead atoms. The Kier molecular flexibility index (Phi) is 6.30. The van der Waals surface area contributed by atoms with Gasteiger partial charge < -0.3 is 14.6 Å². The van der Waals surface area contributed by atoms with Crippen LogP contribution in [-0.2, 0) is 22.6 Å². The summed E-state index contributed by atoms with van der Waals surface area (Å²) in [5.74, 6) is 0.900. The molecule has 1 aliphatic heterocycles. The highest BCUT2D eigenvalue weighted by Crippen LogP contribution is 2.46. The first kappa shape index (κ1) is 21.8. The van der Waals surface area contributed by atoms with Crippen LogP contribution in [0.15, 0.2) is 103 Å². The van der Waals surface area contributed by atoms with Crippen molar-refractivity contribution in [3.63, 3.8) is 0 Å². The second-order valence-electron chi connectivity index (χ2n) is 8.59. The van der Waals surface area contributed by atoms with Gasteiger partial charge in [-0.15, -0.1) is 0 Å². The zero-order valence-corrected chi connectivity index (χ0v) is 18.8. The standard InChI is InChI=1S/C30H26O4/c31-25-15-16-28-26(18-25)30(27(20-33-28)23-9-5-2-6-10-23)24-13-11-21(12-14-24)17-29(32)34-19-22-7-3-1-4-8-22/h1-16,18,27,30-31H,17,19-20H2/t27-,30-/m1/s1. The molecule has 4 aromatic carbocycles. The number of phenolic OH excluding ortho intramolecular Hbond substituents is 1. The summed E-state index contributed by atoms with van der Waals surface area (Å²) >= 11 is 0. The van der Waals surface area contributed by atoms with Gasteiger partial charge in [-0.25, -0.2) is 0 Å². The lowest BCUT2D eigenvalue weighted by molar-refractivity contribution is -0.144. The zero-order valence-electron chi connectivity index (χ0n) is 18.8. The maximum absolute atomic E-state index is 12.3. The number of aromatic hydroxyl groups is 1. The number of carbonyl (C=O) groups is 1. The van der Waals surface area contributed by atoms with Gasteiger partial charge in [-0.1, -0.05) is 84.9 Å². The summed E-state index contributed by atoms with van der Waals surface area (Å²) in [6.07, 6.45) is 0.223.